The maximum Gasteiger partial charge on any atom is 0.164 e. The van der Waals surface area contributed by atoms with E-state index in [1.165, 1.54) is 16.3 Å². The molecule has 70 heavy (non-hydrogen) atoms. The number of fused-ring (bicyclic) bond motifs is 16. The van der Waals surface area contributed by atoms with Crippen molar-refractivity contribution in [1.29, 1.82) is 0 Å². The second-order valence-electron chi connectivity index (χ2n) is 18.2. The largest absolute Gasteiger partial charge is 0.457 e. The van der Waals surface area contributed by atoms with E-state index in [1.807, 2.05) is 36.4 Å². The van der Waals surface area contributed by atoms with Gasteiger partial charge in [-0.15, -0.1) is 0 Å². The highest BCUT2D eigenvalue weighted by Crippen LogP contribution is 2.63. The van der Waals surface area contributed by atoms with Gasteiger partial charge in [0.2, 0.25) is 0 Å². The lowest BCUT2D eigenvalue weighted by molar-refractivity contribution is 0.436. The molecule has 0 unspecified atom stereocenters. The van der Waals surface area contributed by atoms with Crippen molar-refractivity contribution in [3.8, 4) is 73.6 Å². The van der Waals surface area contributed by atoms with Gasteiger partial charge in [-0.1, -0.05) is 170 Å². The van der Waals surface area contributed by atoms with Gasteiger partial charge in [-0.2, -0.15) is 0 Å². The minimum Gasteiger partial charge on any atom is -0.457 e. The van der Waals surface area contributed by atoms with Crippen molar-refractivity contribution >= 4 is 43.7 Å². The maximum atomic E-state index is 6.85. The van der Waals surface area contributed by atoms with Crippen molar-refractivity contribution in [2.45, 2.75) is 5.41 Å². The van der Waals surface area contributed by atoms with Crippen LogP contribution >= 0.6 is 0 Å². The number of rotatable bonds is 5. The normalized spacial score (nSPS) is 13.1. The summed E-state index contributed by atoms with van der Waals surface area (Å²) in [5, 5.41) is 4.59. The Hall–Kier alpha value is -9.39. The maximum absolute atomic E-state index is 6.85. The number of nitrogens with zero attached hydrogens (tertiary/aromatic N) is 4. The molecular formula is C64H38N4O2. The smallest absolute Gasteiger partial charge is 0.164 e. The molecule has 0 saturated heterocycles. The lowest BCUT2D eigenvalue weighted by Crippen LogP contribution is -2.32. The summed E-state index contributed by atoms with van der Waals surface area (Å²) in [5.41, 5.74) is 16.0. The summed E-state index contributed by atoms with van der Waals surface area (Å²) >= 11 is 0. The second-order valence-corrected chi connectivity index (χ2v) is 18.2. The average Bonchev–Trinajstić information content (AvgIpc) is 4.08. The van der Waals surface area contributed by atoms with Crippen LogP contribution in [-0.2, 0) is 5.41 Å². The number of benzene rings is 10. The highest BCUT2D eigenvalue weighted by molar-refractivity contribution is 6.24. The molecule has 6 heteroatoms. The zero-order valence-electron chi connectivity index (χ0n) is 37.5. The zero-order chi connectivity index (χ0) is 45.9. The summed E-state index contributed by atoms with van der Waals surface area (Å²) < 4.78 is 16.0. The second kappa shape index (κ2) is 14.8. The third kappa shape index (κ3) is 5.47. The molecule has 4 heterocycles. The van der Waals surface area contributed by atoms with E-state index in [4.69, 9.17) is 24.1 Å². The van der Waals surface area contributed by atoms with Gasteiger partial charge in [0.05, 0.1) is 21.8 Å². The fourth-order valence-corrected chi connectivity index (χ4v) is 11.6. The van der Waals surface area contributed by atoms with Gasteiger partial charge in [-0.25, -0.2) is 15.0 Å². The minimum atomic E-state index is -0.737. The number of ether oxygens (including phenoxy) is 1. The van der Waals surface area contributed by atoms with Gasteiger partial charge in [-0.05, 0) is 94.0 Å². The summed E-state index contributed by atoms with van der Waals surface area (Å²) in [4.78, 5) is 15.6. The Morgan fingerprint density at radius 1 is 0.371 bits per heavy atom. The zero-order valence-corrected chi connectivity index (χ0v) is 37.5. The first-order chi connectivity index (χ1) is 34.7. The van der Waals surface area contributed by atoms with Gasteiger partial charge in [0.15, 0.2) is 17.5 Å². The molecule has 10 aromatic carbocycles. The highest BCUT2D eigenvalue weighted by Gasteiger charge is 2.52. The van der Waals surface area contributed by atoms with Crippen molar-refractivity contribution in [3.05, 3.63) is 253 Å². The van der Waals surface area contributed by atoms with Crippen LogP contribution in [-0.4, -0.2) is 19.5 Å². The van der Waals surface area contributed by atoms with Crippen molar-refractivity contribution in [1.82, 2.24) is 19.5 Å². The molecule has 3 aromatic heterocycles. The Morgan fingerprint density at radius 2 is 0.957 bits per heavy atom. The fraction of sp³-hybridized carbons (Fsp3) is 0.0156. The van der Waals surface area contributed by atoms with Crippen LogP contribution in [0, 0.1) is 0 Å². The molecule has 15 rings (SSSR count). The number of hydrogen-bond donors (Lipinski definition) is 0. The van der Waals surface area contributed by atoms with E-state index < -0.39 is 5.41 Å². The van der Waals surface area contributed by atoms with Crippen LogP contribution < -0.4 is 4.74 Å². The van der Waals surface area contributed by atoms with Gasteiger partial charge in [0.25, 0.3) is 0 Å². The molecular weight excluding hydrogens is 857 g/mol. The molecule has 1 aliphatic heterocycles. The first-order valence-electron chi connectivity index (χ1n) is 23.7. The van der Waals surface area contributed by atoms with Crippen molar-refractivity contribution in [2.24, 2.45) is 0 Å². The predicted octanol–water partition coefficient (Wildman–Crippen LogP) is 16.0. The van der Waals surface area contributed by atoms with Crippen molar-refractivity contribution < 1.29 is 9.15 Å². The Morgan fingerprint density at radius 3 is 1.69 bits per heavy atom. The van der Waals surface area contributed by atoms with Crippen LogP contribution in [0.15, 0.2) is 235 Å². The minimum absolute atomic E-state index is 0.612. The number of furan rings is 1. The van der Waals surface area contributed by atoms with Gasteiger partial charge in [-0.3, -0.25) is 0 Å². The summed E-state index contributed by atoms with van der Waals surface area (Å²) in [5.74, 6) is 3.51. The van der Waals surface area contributed by atoms with Crippen LogP contribution in [0.1, 0.15) is 22.3 Å². The molecule has 0 bridgehead atoms. The Balaban J connectivity index is 0.972. The van der Waals surface area contributed by atoms with Crippen molar-refractivity contribution in [3.63, 3.8) is 0 Å². The summed E-state index contributed by atoms with van der Waals surface area (Å²) in [6.07, 6.45) is 0. The molecule has 2 aliphatic rings. The standard InChI is InChI=1S/C64H38N4O2/c1-4-17-39(18-5-1)61-65-62(40-19-6-2-7-20-40)67-63(66-61)48-24-16-27-51-58(48)46-33-31-41(37-52(46)64(51)49-25-11-14-29-54(49)69-55-30-15-12-26-50(55)64)42-32-34-47-57(38-42)70-56-36-35-45-44-23-10-13-28-53(44)68(60(45)59(47)56)43-21-8-3-9-22-43/h1-38H. The molecule has 1 aliphatic carbocycles. The Kier molecular flexibility index (Phi) is 8.18. The number of aromatic nitrogens is 4. The Labute approximate surface area is 402 Å². The quantitative estimate of drug-likeness (QED) is 0.172. The van der Waals surface area contributed by atoms with Crippen LogP contribution in [0.25, 0.3) is 106 Å². The summed E-state index contributed by atoms with van der Waals surface area (Å²) in [7, 11) is 0. The van der Waals surface area contributed by atoms with E-state index in [0.717, 1.165) is 106 Å². The van der Waals surface area contributed by atoms with Crippen LogP contribution in [0.3, 0.4) is 0 Å². The molecule has 6 nitrogen and oxygen atoms in total. The highest BCUT2D eigenvalue weighted by atomic mass is 16.5. The number of para-hydroxylation sites is 4. The molecule has 0 atom stereocenters. The first kappa shape index (κ1) is 38.7. The third-order valence-corrected chi connectivity index (χ3v) is 14.5. The topological polar surface area (TPSA) is 66.0 Å². The predicted molar refractivity (Wildman–Crippen MR) is 281 cm³/mol. The molecule has 1 spiro atoms. The molecule has 0 N–H and O–H groups in total. The van der Waals surface area contributed by atoms with E-state index in [9.17, 15) is 0 Å². The van der Waals surface area contributed by atoms with E-state index >= 15 is 0 Å². The Bertz CT molecular complexity index is 4170. The van der Waals surface area contributed by atoms with Gasteiger partial charge in [0.1, 0.15) is 22.7 Å². The summed E-state index contributed by atoms with van der Waals surface area (Å²) in [6.45, 7) is 0. The van der Waals surface area contributed by atoms with Crippen LogP contribution in [0.5, 0.6) is 11.5 Å². The number of hydrogen-bond acceptors (Lipinski definition) is 5. The molecule has 0 fully saturated rings. The van der Waals surface area contributed by atoms with E-state index in [0.29, 0.717) is 17.5 Å². The molecule has 0 amide bonds. The van der Waals surface area contributed by atoms with Crippen LogP contribution in [0.4, 0.5) is 0 Å². The van der Waals surface area contributed by atoms with Gasteiger partial charge >= 0.3 is 0 Å². The molecule has 13 aromatic rings. The molecule has 0 saturated carbocycles. The van der Waals surface area contributed by atoms with E-state index in [-0.39, 0.29) is 0 Å². The lowest BCUT2D eigenvalue weighted by atomic mass is 9.66. The summed E-state index contributed by atoms with van der Waals surface area (Å²) in [6, 6.07) is 81.2. The average molecular weight is 895 g/mol. The van der Waals surface area contributed by atoms with Gasteiger partial charge < -0.3 is 13.7 Å². The lowest BCUT2D eigenvalue weighted by Gasteiger charge is -2.39. The SMILES string of the molecule is c1ccc(-c2nc(-c3ccccc3)nc(-c3cccc4c3-c3ccc(-c5ccc6c(c5)oc5ccc7c8ccccc8n(-c8ccccc8)c7c56)cc3C43c4ccccc4Oc4ccccc43)n2)cc1. The van der Waals surface area contributed by atoms with Crippen LogP contribution in [0.2, 0.25) is 0 Å². The first-order valence-corrected chi connectivity index (χ1v) is 23.7. The molecule has 326 valence electrons. The van der Waals surface area contributed by atoms with Crippen molar-refractivity contribution in [2.75, 3.05) is 0 Å². The monoisotopic (exact) mass is 894 g/mol. The van der Waals surface area contributed by atoms with Gasteiger partial charge in [0, 0.05) is 49.7 Å². The third-order valence-electron chi connectivity index (χ3n) is 14.5. The van der Waals surface area contributed by atoms with E-state index in [2.05, 4.69) is 199 Å². The van der Waals surface area contributed by atoms with E-state index in [1.54, 1.807) is 0 Å². The molecule has 0 radical (unpaired) electrons. The fourth-order valence-electron chi connectivity index (χ4n) is 11.6.